The molecular weight excluding hydrogens is 270 g/mol. The maximum atomic E-state index is 9.68. The Balaban J connectivity index is 2.90. The minimum Gasteiger partial charge on any atom is -0.488 e. The molecule has 1 aromatic rings. The van der Waals surface area contributed by atoms with Crippen molar-refractivity contribution in [2.75, 3.05) is 13.2 Å². The van der Waals surface area contributed by atoms with Crippen LogP contribution in [0.15, 0.2) is 34.8 Å². The Kier molecular flexibility index (Phi) is 4.99. The van der Waals surface area contributed by atoms with E-state index in [0.717, 1.165) is 15.6 Å². The van der Waals surface area contributed by atoms with Gasteiger partial charge < -0.3 is 15.6 Å². The minimum absolute atomic E-state index is 0.183. The van der Waals surface area contributed by atoms with Crippen LogP contribution in [0.5, 0.6) is 5.75 Å². The molecule has 0 aliphatic heterocycles. The molecule has 0 aliphatic carbocycles. The predicted octanol–water partition coefficient (Wildman–Crippen LogP) is 2.40. The topological polar surface area (TPSA) is 55.5 Å². The largest absolute Gasteiger partial charge is 0.488 e. The zero-order chi connectivity index (χ0) is 12.1. The number of hydrogen-bond donors (Lipinski definition) is 2. The molecule has 0 aliphatic rings. The molecule has 0 radical (unpaired) electrons. The van der Waals surface area contributed by atoms with E-state index < -0.39 is 6.10 Å². The van der Waals surface area contributed by atoms with Crippen molar-refractivity contribution in [3.05, 3.63) is 40.4 Å². The van der Waals surface area contributed by atoms with Crippen LogP contribution >= 0.6 is 15.9 Å². The predicted molar refractivity (Wildman–Crippen MR) is 68.5 cm³/mol. The minimum atomic E-state index is -0.678. The van der Waals surface area contributed by atoms with E-state index in [1.807, 2.05) is 25.1 Å². The van der Waals surface area contributed by atoms with Gasteiger partial charge in [0.1, 0.15) is 12.4 Å². The van der Waals surface area contributed by atoms with Gasteiger partial charge >= 0.3 is 0 Å². The summed E-state index contributed by atoms with van der Waals surface area (Å²) in [6.07, 6.45) is -0.678. The number of rotatable bonds is 5. The number of benzene rings is 1. The number of ether oxygens (including phenoxy) is 1. The third kappa shape index (κ3) is 3.33. The van der Waals surface area contributed by atoms with Crippen molar-refractivity contribution in [2.24, 2.45) is 5.73 Å². The van der Waals surface area contributed by atoms with Crippen molar-refractivity contribution < 1.29 is 9.84 Å². The first-order chi connectivity index (χ1) is 7.56. The molecule has 0 bridgehead atoms. The lowest BCUT2D eigenvalue weighted by Crippen LogP contribution is -2.12. The smallest absolute Gasteiger partial charge is 0.134 e. The molecule has 0 aromatic heterocycles. The molecule has 1 atom stereocenters. The molecule has 1 aromatic carbocycles. The van der Waals surface area contributed by atoms with E-state index in [1.165, 1.54) is 0 Å². The van der Waals surface area contributed by atoms with Crippen LogP contribution in [0.3, 0.4) is 0 Å². The van der Waals surface area contributed by atoms with Crippen molar-refractivity contribution in [1.82, 2.24) is 0 Å². The maximum absolute atomic E-state index is 9.68. The zero-order valence-corrected chi connectivity index (χ0v) is 10.8. The molecule has 0 spiro atoms. The van der Waals surface area contributed by atoms with Gasteiger partial charge in [0.25, 0.3) is 0 Å². The second-order valence-corrected chi connectivity index (χ2v) is 4.45. The fourth-order valence-corrected chi connectivity index (χ4v) is 1.87. The van der Waals surface area contributed by atoms with Crippen LogP contribution < -0.4 is 10.5 Å². The highest BCUT2D eigenvalue weighted by molar-refractivity contribution is 9.10. The average molecular weight is 286 g/mol. The van der Waals surface area contributed by atoms with Gasteiger partial charge in [-0.15, -0.1) is 0 Å². The number of aliphatic hydroxyl groups is 1. The molecule has 1 rings (SSSR count). The zero-order valence-electron chi connectivity index (χ0n) is 9.24. The van der Waals surface area contributed by atoms with Crippen molar-refractivity contribution >= 4 is 15.9 Å². The van der Waals surface area contributed by atoms with Crippen LogP contribution in [0.2, 0.25) is 0 Å². The number of aliphatic hydroxyl groups excluding tert-OH is 1. The summed E-state index contributed by atoms with van der Waals surface area (Å²) in [5.41, 5.74) is 7.10. The van der Waals surface area contributed by atoms with E-state index in [-0.39, 0.29) is 6.54 Å². The molecule has 0 saturated heterocycles. The number of hydrogen-bond acceptors (Lipinski definition) is 3. The van der Waals surface area contributed by atoms with Gasteiger partial charge in [-0.1, -0.05) is 18.7 Å². The summed E-state index contributed by atoms with van der Waals surface area (Å²) in [6.45, 7) is 6.30. The van der Waals surface area contributed by atoms with Crippen LogP contribution in [-0.4, -0.2) is 18.3 Å². The normalized spacial score (nSPS) is 12.2. The van der Waals surface area contributed by atoms with E-state index in [1.54, 1.807) is 0 Å². The SMILES string of the molecule is C=C(C)COc1cccc(C(O)CN)c1Br. The fourth-order valence-electron chi connectivity index (χ4n) is 1.22. The first kappa shape index (κ1) is 13.2. The van der Waals surface area contributed by atoms with Crippen LogP contribution in [0.25, 0.3) is 0 Å². The monoisotopic (exact) mass is 285 g/mol. The summed E-state index contributed by atoms with van der Waals surface area (Å²) in [6, 6.07) is 5.47. The molecule has 0 heterocycles. The Hall–Kier alpha value is -0.840. The van der Waals surface area contributed by atoms with Crippen molar-refractivity contribution in [1.29, 1.82) is 0 Å². The first-order valence-corrected chi connectivity index (χ1v) is 5.79. The third-order valence-corrected chi connectivity index (χ3v) is 2.90. The summed E-state index contributed by atoms with van der Waals surface area (Å²) in [5, 5.41) is 9.68. The van der Waals surface area contributed by atoms with Crippen LogP contribution in [0.4, 0.5) is 0 Å². The molecule has 3 nitrogen and oxygen atoms in total. The molecule has 1 unspecified atom stereocenters. The van der Waals surface area contributed by atoms with E-state index in [9.17, 15) is 5.11 Å². The lowest BCUT2D eigenvalue weighted by Gasteiger charge is -2.14. The fraction of sp³-hybridized carbons (Fsp3) is 0.333. The highest BCUT2D eigenvalue weighted by Crippen LogP contribution is 2.32. The van der Waals surface area contributed by atoms with E-state index >= 15 is 0 Å². The Labute approximate surface area is 104 Å². The number of halogens is 1. The van der Waals surface area contributed by atoms with E-state index in [4.69, 9.17) is 10.5 Å². The summed E-state index contributed by atoms with van der Waals surface area (Å²) >= 11 is 3.40. The van der Waals surface area contributed by atoms with Crippen molar-refractivity contribution in [3.63, 3.8) is 0 Å². The molecule has 0 saturated carbocycles. The van der Waals surface area contributed by atoms with Crippen LogP contribution in [-0.2, 0) is 0 Å². The Bertz CT molecular complexity index is 379. The molecular formula is C12H16BrNO2. The summed E-state index contributed by atoms with van der Waals surface area (Å²) in [4.78, 5) is 0. The van der Waals surface area contributed by atoms with Gasteiger partial charge in [0.2, 0.25) is 0 Å². The first-order valence-electron chi connectivity index (χ1n) is 5.00. The van der Waals surface area contributed by atoms with E-state index in [2.05, 4.69) is 22.5 Å². The van der Waals surface area contributed by atoms with Crippen molar-refractivity contribution in [2.45, 2.75) is 13.0 Å². The Morgan fingerprint density at radius 3 is 2.88 bits per heavy atom. The molecule has 16 heavy (non-hydrogen) atoms. The molecule has 0 amide bonds. The lowest BCUT2D eigenvalue weighted by molar-refractivity contribution is 0.185. The van der Waals surface area contributed by atoms with Crippen LogP contribution in [0.1, 0.15) is 18.6 Å². The number of nitrogens with two attached hydrogens (primary N) is 1. The Morgan fingerprint density at radius 2 is 2.31 bits per heavy atom. The Morgan fingerprint density at radius 1 is 1.62 bits per heavy atom. The van der Waals surface area contributed by atoms with Gasteiger partial charge in [-0.05, 0) is 40.1 Å². The van der Waals surface area contributed by atoms with Crippen LogP contribution in [0, 0.1) is 0 Å². The third-order valence-electron chi connectivity index (χ3n) is 2.05. The standard InChI is InChI=1S/C12H16BrNO2/c1-8(2)7-16-11-5-3-4-9(12(11)13)10(15)6-14/h3-5,10,15H,1,6-7,14H2,2H3. The van der Waals surface area contributed by atoms with Gasteiger partial charge in [-0.25, -0.2) is 0 Å². The summed E-state index contributed by atoms with van der Waals surface area (Å²) in [7, 11) is 0. The van der Waals surface area contributed by atoms with Crippen molar-refractivity contribution in [3.8, 4) is 5.75 Å². The quantitative estimate of drug-likeness (QED) is 0.817. The maximum Gasteiger partial charge on any atom is 0.134 e. The van der Waals surface area contributed by atoms with Gasteiger partial charge in [0, 0.05) is 6.54 Å². The van der Waals surface area contributed by atoms with Gasteiger partial charge in [-0.2, -0.15) is 0 Å². The summed E-state index contributed by atoms with van der Waals surface area (Å²) in [5.74, 6) is 0.688. The van der Waals surface area contributed by atoms with Gasteiger partial charge in [0.15, 0.2) is 0 Å². The molecule has 88 valence electrons. The highest BCUT2D eigenvalue weighted by Gasteiger charge is 2.12. The van der Waals surface area contributed by atoms with Gasteiger partial charge in [-0.3, -0.25) is 0 Å². The average Bonchev–Trinajstić information content (AvgIpc) is 2.26. The second kappa shape index (κ2) is 6.03. The molecule has 0 fully saturated rings. The lowest BCUT2D eigenvalue weighted by atomic mass is 10.1. The second-order valence-electron chi connectivity index (χ2n) is 3.66. The summed E-state index contributed by atoms with van der Waals surface area (Å²) < 4.78 is 6.28. The van der Waals surface area contributed by atoms with E-state index in [0.29, 0.717) is 12.4 Å². The molecule has 4 heteroatoms. The molecule has 3 N–H and O–H groups in total. The highest BCUT2D eigenvalue weighted by atomic mass is 79.9. The van der Waals surface area contributed by atoms with Gasteiger partial charge in [0.05, 0.1) is 10.6 Å².